The molecule has 1 aliphatic rings. The Kier molecular flexibility index (Phi) is 6.55. The van der Waals surface area contributed by atoms with Crippen molar-refractivity contribution in [2.75, 3.05) is 30.3 Å². The van der Waals surface area contributed by atoms with Crippen molar-refractivity contribution in [1.82, 2.24) is 4.90 Å². The lowest BCUT2D eigenvalue weighted by Gasteiger charge is -2.19. The number of anilines is 2. The topological polar surface area (TPSA) is 87.5 Å². The van der Waals surface area contributed by atoms with E-state index in [1.54, 1.807) is 31.2 Å². The van der Waals surface area contributed by atoms with Crippen LogP contribution in [0.25, 0.3) is 0 Å². The van der Waals surface area contributed by atoms with Crippen LogP contribution in [-0.4, -0.2) is 42.4 Å². The van der Waals surface area contributed by atoms with Crippen LogP contribution in [0.15, 0.2) is 24.3 Å². The predicted molar refractivity (Wildman–Crippen MR) is 92.3 cm³/mol. The second-order valence-corrected chi connectivity index (χ2v) is 6.09. The minimum Gasteiger partial charge on any atom is -0.325 e. The fraction of sp³-hybridized carbons (Fsp3) is 0.529. The summed E-state index contributed by atoms with van der Waals surface area (Å²) < 4.78 is 0. The van der Waals surface area contributed by atoms with Gasteiger partial charge in [-0.1, -0.05) is 12.8 Å². The van der Waals surface area contributed by atoms with Crippen LogP contribution in [0.5, 0.6) is 0 Å². The fourth-order valence-corrected chi connectivity index (χ4v) is 2.59. The second kappa shape index (κ2) is 8.64. The minimum absolute atomic E-state index is 0.000680. The van der Waals surface area contributed by atoms with Gasteiger partial charge in [-0.15, -0.1) is 0 Å². The number of amides is 2. The summed E-state index contributed by atoms with van der Waals surface area (Å²) in [6.45, 7) is 4.06. The van der Waals surface area contributed by atoms with Crippen molar-refractivity contribution in [1.29, 1.82) is 0 Å². The first kappa shape index (κ1) is 17.4. The van der Waals surface area contributed by atoms with E-state index in [1.165, 1.54) is 25.7 Å². The number of carbonyl (C=O) groups excluding carboxylic acids is 2. The molecule has 6 heteroatoms. The largest absolute Gasteiger partial charge is 0.325 e. The molecule has 126 valence electrons. The summed E-state index contributed by atoms with van der Waals surface area (Å²) in [5.41, 5.74) is 6.90. The van der Waals surface area contributed by atoms with Crippen LogP contribution in [0.4, 0.5) is 11.4 Å². The van der Waals surface area contributed by atoms with Crippen molar-refractivity contribution in [2.24, 2.45) is 5.73 Å². The third-order valence-electron chi connectivity index (χ3n) is 3.92. The zero-order valence-corrected chi connectivity index (χ0v) is 13.7. The molecule has 1 saturated heterocycles. The average Bonchev–Trinajstić information content (AvgIpc) is 2.77. The number of rotatable bonds is 5. The van der Waals surface area contributed by atoms with Gasteiger partial charge in [-0.3, -0.25) is 14.5 Å². The van der Waals surface area contributed by atoms with Crippen LogP contribution in [0, 0.1) is 0 Å². The third-order valence-corrected chi connectivity index (χ3v) is 3.92. The van der Waals surface area contributed by atoms with Crippen molar-refractivity contribution in [3.8, 4) is 0 Å². The van der Waals surface area contributed by atoms with Crippen LogP contribution >= 0.6 is 0 Å². The Morgan fingerprint density at radius 1 is 1.04 bits per heavy atom. The summed E-state index contributed by atoms with van der Waals surface area (Å²) in [6, 6.07) is 6.50. The van der Waals surface area contributed by atoms with E-state index in [1.807, 2.05) is 0 Å². The molecule has 6 nitrogen and oxygen atoms in total. The van der Waals surface area contributed by atoms with Crippen molar-refractivity contribution >= 4 is 23.2 Å². The van der Waals surface area contributed by atoms with Crippen LogP contribution in [-0.2, 0) is 9.59 Å². The van der Waals surface area contributed by atoms with Crippen LogP contribution < -0.4 is 16.4 Å². The molecule has 0 bridgehead atoms. The first-order valence-electron chi connectivity index (χ1n) is 8.23. The van der Waals surface area contributed by atoms with E-state index in [0.29, 0.717) is 12.2 Å². The first-order chi connectivity index (χ1) is 11.0. The van der Waals surface area contributed by atoms with Crippen molar-refractivity contribution in [3.63, 3.8) is 0 Å². The SMILES string of the molecule is C[C@@H](N)C(=O)Nc1ccc(NC(=O)CN2CCCCCC2)cc1. The van der Waals surface area contributed by atoms with Crippen molar-refractivity contribution in [2.45, 2.75) is 38.6 Å². The van der Waals surface area contributed by atoms with Crippen LogP contribution in [0.2, 0.25) is 0 Å². The van der Waals surface area contributed by atoms with E-state index in [0.717, 1.165) is 18.8 Å². The Morgan fingerprint density at radius 2 is 1.57 bits per heavy atom. The van der Waals surface area contributed by atoms with Gasteiger partial charge < -0.3 is 16.4 Å². The molecule has 23 heavy (non-hydrogen) atoms. The molecule has 0 saturated carbocycles. The summed E-state index contributed by atoms with van der Waals surface area (Å²) in [5, 5.41) is 5.60. The predicted octanol–water partition coefficient (Wildman–Crippen LogP) is 1.79. The Balaban J connectivity index is 1.82. The molecule has 2 rings (SSSR count). The monoisotopic (exact) mass is 318 g/mol. The van der Waals surface area contributed by atoms with Crippen molar-refractivity contribution < 1.29 is 9.59 Å². The number of carbonyl (C=O) groups is 2. The van der Waals surface area contributed by atoms with Gasteiger partial charge in [-0.25, -0.2) is 0 Å². The van der Waals surface area contributed by atoms with Gasteiger partial charge in [0.2, 0.25) is 11.8 Å². The van der Waals surface area contributed by atoms with Gasteiger partial charge in [-0.05, 0) is 57.1 Å². The lowest BCUT2D eigenvalue weighted by molar-refractivity contribution is -0.118. The number of likely N-dealkylation sites (tertiary alicyclic amines) is 1. The lowest BCUT2D eigenvalue weighted by Crippen LogP contribution is -2.34. The molecule has 4 N–H and O–H groups in total. The van der Waals surface area contributed by atoms with E-state index < -0.39 is 6.04 Å². The second-order valence-electron chi connectivity index (χ2n) is 6.09. The van der Waals surface area contributed by atoms with E-state index in [4.69, 9.17) is 5.73 Å². The Labute approximate surface area is 137 Å². The number of nitrogens with two attached hydrogens (primary N) is 1. The highest BCUT2D eigenvalue weighted by atomic mass is 16.2. The number of benzene rings is 1. The number of hydrogen-bond acceptors (Lipinski definition) is 4. The molecule has 0 aromatic heterocycles. The molecule has 1 atom stereocenters. The van der Waals surface area contributed by atoms with Gasteiger partial charge in [0.15, 0.2) is 0 Å². The molecule has 1 fully saturated rings. The highest BCUT2D eigenvalue weighted by Gasteiger charge is 2.13. The van der Waals surface area contributed by atoms with E-state index in [2.05, 4.69) is 15.5 Å². The van der Waals surface area contributed by atoms with Gasteiger partial charge in [0, 0.05) is 11.4 Å². The molecule has 1 aromatic carbocycles. The molecule has 0 aliphatic carbocycles. The smallest absolute Gasteiger partial charge is 0.240 e. The Bertz CT molecular complexity index is 520. The first-order valence-corrected chi connectivity index (χ1v) is 8.23. The molecule has 2 amide bonds. The molecule has 0 unspecified atom stereocenters. The molecule has 1 heterocycles. The summed E-state index contributed by atoms with van der Waals surface area (Å²) >= 11 is 0. The molecule has 1 aromatic rings. The number of hydrogen-bond donors (Lipinski definition) is 3. The number of nitrogens with one attached hydrogen (secondary N) is 2. The molecule has 0 radical (unpaired) electrons. The minimum atomic E-state index is -0.553. The third kappa shape index (κ3) is 6.00. The van der Waals surface area contributed by atoms with Crippen LogP contribution in [0.3, 0.4) is 0 Å². The molecule has 1 aliphatic heterocycles. The normalized spacial score (nSPS) is 17.1. The van der Waals surface area contributed by atoms with Gasteiger partial charge in [0.1, 0.15) is 0 Å². The summed E-state index contributed by atoms with van der Waals surface area (Å²) in [7, 11) is 0. The van der Waals surface area contributed by atoms with E-state index in [9.17, 15) is 9.59 Å². The maximum absolute atomic E-state index is 12.1. The summed E-state index contributed by atoms with van der Waals surface area (Å²) in [4.78, 5) is 25.8. The zero-order valence-electron chi connectivity index (χ0n) is 13.7. The highest BCUT2D eigenvalue weighted by Crippen LogP contribution is 2.14. The average molecular weight is 318 g/mol. The standard InChI is InChI=1S/C17H26N4O2/c1-13(18)17(23)20-15-8-6-14(7-9-15)19-16(22)12-21-10-4-2-3-5-11-21/h6-9,13H,2-5,10-12,18H2,1H3,(H,19,22)(H,20,23)/t13-/m1/s1. The van der Waals surface area contributed by atoms with Crippen molar-refractivity contribution in [3.05, 3.63) is 24.3 Å². The van der Waals surface area contributed by atoms with Gasteiger partial charge in [-0.2, -0.15) is 0 Å². The van der Waals surface area contributed by atoms with E-state index >= 15 is 0 Å². The fourth-order valence-electron chi connectivity index (χ4n) is 2.59. The molecular formula is C17H26N4O2. The maximum Gasteiger partial charge on any atom is 0.240 e. The summed E-state index contributed by atoms with van der Waals surface area (Å²) in [6.07, 6.45) is 4.85. The number of nitrogens with zero attached hydrogens (tertiary/aromatic N) is 1. The Hall–Kier alpha value is -1.92. The van der Waals surface area contributed by atoms with Gasteiger partial charge in [0.05, 0.1) is 12.6 Å². The van der Waals surface area contributed by atoms with E-state index in [-0.39, 0.29) is 11.8 Å². The van der Waals surface area contributed by atoms with Gasteiger partial charge in [0.25, 0.3) is 0 Å². The zero-order chi connectivity index (χ0) is 16.7. The lowest BCUT2D eigenvalue weighted by atomic mass is 10.2. The summed E-state index contributed by atoms with van der Waals surface area (Å²) in [5.74, 6) is -0.234. The van der Waals surface area contributed by atoms with Crippen LogP contribution in [0.1, 0.15) is 32.6 Å². The molecule has 0 spiro atoms. The highest BCUT2D eigenvalue weighted by molar-refractivity contribution is 5.95. The Morgan fingerprint density at radius 3 is 2.09 bits per heavy atom. The molecular weight excluding hydrogens is 292 g/mol. The maximum atomic E-state index is 12.1. The quantitative estimate of drug-likeness (QED) is 0.772. The van der Waals surface area contributed by atoms with Gasteiger partial charge >= 0.3 is 0 Å².